The third kappa shape index (κ3) is 4.00. The van der Waals surface area contributed by atoms with E-state index in [-0.39, 0.29) is 38.1 Å². The van der Waals surface area contributed by atoms with E-state index < -0.39 is 23.6 Å². The highest BCUT2D eigenvalue weighted by Gasteiger charge is 2.53. The maximum absolute atomic E-state index is 15.8. The van der Waals surface area contributed by atoms with E-state index in [2.05, 4.69) is 0 Å². The molecule has 180 valence electrons. The molecule has 4 rings (SSSR count). The molecule has 1 saturated heterocycles. The van der Waals surface area contributed by atoms with E-state index in [4.69, 9.17) is 4.74 Å². The highest BCUT2D eigenvalue weighted by atomic mass is 19.4. The van der Waals surface area contributed by atoms with Gasteiger partial charge < -0.3 is 14.2 Å². The van der Waals surface area contributed by atoms with Crippen LogP contribution in [0.5, 0.6) is 5.75 Å². The number of ether oxygens (including phenoxy) is 1. The highest BCUT2D eigenvalue weighted by molar-refractivity contribution is 5.94. The number of aryl methyl sites for hydroxylation is 1. The molecule has 2 aliphatic rings. The summed E-state index contributed by atoms with van der Waals surface area (Å²) in [7, 11) is 1.74. The van der Waals surface area contributed by atoms with Gasteiger partial charge >= 0.3 is 6.18 Å². The molecular weight excluding hydrogens is 438 g/mol. The molecule has 1 aromatic heterocycles. The minimum Gasteiger partial charge on any atom is -0.491 e. The molecular formula is C24H29F4N3O2. The number of amides is 1. The molecule has 0 saturated carbocycles. The second-order valence-corrected chi connectivity index (χ2v) is 9.21. The third-order valence-corrected chi connectivity index (χ3v) is 6.79. The lowest BCUT2D eigenvalue weighted by molar-refractivity contribution is -0.145. The number of nitrogens with zero attached hydrogens (tertiary/aromatic N) is 3. The van der Waals surface area contributed by atoms with Crippen LogP contribution < -0.4 is 4.74 Å². The van der Waals surface area contributed by atoms with Gasteiger partial charge in [0.25, 0.3) is 5.91 Å². The summed E-state index contributed by atoms with van der Waals surface area (Å²) in [5.41, 5.74) is -0.372. The van der Waals surface area contributed by atoms with E-state index in [1.54, 1.807) is 30.1 Å². The van der Waals surface area contributed by atoms with E-state index in [1.807, 2.05) is 20.8 Å². The Bertz CT molecular complexity index is 1050. The van der Waals surface area contributed by atoms with Gasteiger partial charge in [0.1, 0.15) is 17.6 Å². The van der Waals surface area contributed by atoms with Crippen molar-refractivity contribution in [1.82, 2.24) is 14.4 Å². The van der Waals surface area contributed by atoms with Gasteiger partial charge in [-0.2, -0.15) is 13.2 Å². The number of likely N-dealkylation sites (tertiary alicyclic amines) is 1. The maximum Gasteiger partial charge on any atom is 0.431 e. The highest BCUT2D eigenvalue weighted by Crippen LogP contribution is 2.45. The van der Waals surface area contributed by atoms with Gasteiger partial charge in [-0.3, -0.25) is 9.69 Å². The quantitative estimate of drug-likeness (QED) is 0.618. The molecule has 1 fully saturated rings. The molecule has 0 N–H and O–H groups in total. The first-order valence-electron chi connectivity index (χ1n) is 11.1. The SMILES string of the molecule is Cc1cc(C(=O)N2CC[C@@]3(c4ccc(C(F)(F)F)n4CCN3C)[C@H](F)C2)ccc1OC(C)C. The lowest BCUT2D eigenvalue weighted by Gasteiger charge is -2.52. The summed E-state index contributed by atoms with van der Waals surface area (Å²) in [5, 5.41) is 0. The van der Waals surface area contributed by atoms with Gasteiger partial charge in [-0.25, -0.2) is 4.39 Å². The second-order valence-electron chi connectivity index (χ2n) is 9.21. The number of hydrogen-bond acceptors (Lipinski definition) is 3. The Morgan fingerprint density at radius 1 is 1.15 bits per heavy atom. The van der Waals surface area contributed by atoms with Crippen molar-refractivity contribution >= 4 is 5.91 Å². The van der Waals surface area contributed by atoms with Crippen molar-refractivity contribution in [3.05, 3.63) is 52.8 Å². The molecule has 1 aromatic carbocycles. The van der Waals surface area contributed by atoms with Crippen LogP contribution in [0.1, 0.15) is 47.6 Å². The number of aromatic nitrogens is 1. The smallest absolute Gasteiger partial charge is 0.431 e. The predicted octanol–water partition coefficient (Wildman–Crippen LogP) is 4.63. The number of fused-ring (bicyclic) bond motifs is 2. The molecule has 2 aliphatic heterocycles. The molecule has 2 aromatic rings. The zero-order chi connectivity index (χ0) is 24.1. The van der Waals surface area contributed by atoms with Gasteiger partial charge in [0.05, 0.1) is 18.2 Å². The first-order chi connectivity index (χ1) is 15.4. The largest absolute Gasteiger partial charge is 0.491 e. The topological polar surface area (TPSA) is 37.7 Å². The number of halogens is 4. The average Bonchev–Trinajstić information content (AvgIpc) is 3.18. The Balaban J connectivity index is 1.58. The summed E-state index contributed by atoms with van der Waals surface area (Å²) in [4.78, 5) is 16.4. The number of hydrogen-bond donors (Lipinski definition) is 0. The number of alkyl halides is 4. The van der Waals surface area contributed by atoms with E-state index in [9.17, 15) is 18.0 Å². The van der Waals surface area contributed by atoms with Crippen LogP contribution in [0.2, 0.25) is 0 Å². The Kier molecular flexibility index (Phi) is 5.97. The van der Waals surface area contributed by atoms with Crippen molar-refractivity contribution in [3.63, 3.8) is 0 Å². The molecule has 0 bridgehead atoms. The molecule has 0 unspecified atom stereocenters. The molecule has 3 heterocycles. The molecule has 33 heavy (non-hydrogen) atoms. The van der Waals surface area contributed by atoms with Crippen LogP contribution in [0, 0.1) is 6.92 Å². The van der Waals surface area contributed by atoms with E-state index in [0.717, 1.165) is 11.6 Å². The van der Waals surface area contributed by atoms with Gasteiger partial charge in [0, 0.05) is 30.9 Å². The molecule has 1 spiro atoms. The summed E-state index contributed by atoms with van der Waals surface area (Å²) < 4.78 is 63.1. The summed E-state index contributed by atoms with van der Waals surface area (Å²) in [6.45, 7) is 6.20. The van der Waals surface area contributed by atoms with Gasteiger partial charge in [-0.05, 0) is 70.1 Å². The lowest BCUT2D eigenvalue weighted by Crippen LogP contribution is -2.63. The van der Waals surface area contributed by atoms with Gasteiger partial charge in [0.15, 0.2) is 0 Å². The average molecular weight is 468 g/mol. The third-order valence-electron chi connectivity index (χ3n) is 6.79. The molecule has 5 nitrogen and oxygen atoms in total. The minimum absolute atomic E-state index is 0.000114. The molecule has 0 aliphatic carbocycles. The van der Waals surface area contributed by atoms with Gasteiger partial charge in [-0.15, -0.1) is 0 Å². The van der Waals surface area contributed by atoms with Crippen molar-refractivity contribution in [3.8, 4) is 5.75 Å². The Labute approximate surface area is 190 Å². The van der Waals surface area contributed by atoms with Crippen molar-refractivity contribution in [1.29, 1.82) is 0 Å². The van der Waals surface area contributed by atoms with Crippen LogP contribution in [0.4, 0.5) is 17.6 Å². The van der Waals surface area contributed by atoms with Crippen molar-refractivity contribution in [2.75, 3.05) is 26.7 Å². The van der Waals surface area contributed by atoms with E-state index >= 15 is 4.39 Å². The molecule has 9 heteroatoms. The molecule has 2 atom stereocenters. The fourth-order valence-corrected chi connectivity index (χ4v) is 5.13. The standard InChI is InChI=1S/C24H29F4N3O2/c1-15(2)33-18-6-5-17(13-16(18)3)22(32)30-10-9-23(19(25)14-30)20-7-8-21(24(26,27)28)31(20)12-11-29(23)4/h5-8,13,15,19H,9-12,14H2,1-4H3/t19-,23+/m1/s1. The van der Waals surface area contributed by atoms with Gasteiger partial charge in [-0.1, -0.05) is 0 Å². The molecule has 1 amide bonds. The van der Waals surface area contributed by atoms with Crippen LogP contribution in [0.15, 0.2) is 30.3 Å². The lowest BCUT2D eigenvalue weighted by atomic mass is 9.79. The van der Waals surface area contributed by atoms with E-state index in [1.165, 1.54) is 15.5 Å². The monoisotopic (exact) mass is 467 g/mol. The number of likely N-dealkylation sites (N-methyl/N-ethyl adjacent to an activating group) is 1. The van der Waals surface area contributed by atoms with Crippen molar-refractivity contribution in [2.24, 2.45) is 0 Å². The number of rotatable bonds is 3. The Morgan fingerprint density at radius 3 is 2.48 bits per heavy atom. The van der Waals surface area contributed by atoms with Crippen LogP contribution in [0.25, 0.3) is 0 Å². The number of carbonyl (C=O) groups is 1. The normalized spacial score (nSPS) is 23.8. The Hall–Kier alpha value is -2.55. The van der Waals surface area contributed by atoms with Crippen LogP contribution >= 0.6 is 0 Å². The maximum atomic E-state index is 15.8. The fraction of sp³-hybridized carbons (Fsp3) is 0.542. The fourth-order valence-electron chi connectivity index (χ4n) is 5.13. The summed E-state index contributed by atoms with van der Waals surface area (Å²) in [6, 6.07) is 7.55. The molecule has 0 radical (unpaired) electrons. The second kappa shape index (κ2) is 8.34. The van der Waals surface area contributed by atoms with Crippen LogP contribution in [-0.4, -0.2) is 59.2 Å². The summed E-state index contributed by atoms with van der Waals surface area (Å²) in [6.07, 6.45) is -5.81. The number of piperidine rings is 1. The summed E-state index contributed by atoms with van der Waals surface area (Å²) >= 11 is 0. The van der Waals surface area contributed by atoms with Crippen molar-refractivity contribution < 1.29 is 27.1 Å². The van der Waals surface area contributed by atoms with Crippen LogP contribution in [0.3, 0.4) is 0 Å². The first-order valence-corrected chi connectivity index (χ1v) is 11.1. The van der Waals surface area contributed by atoms with Gasteiger partial charge in [0.2, 0.25) is 0 Å². The number of carbonyl (C=O) groups excluding carboxylic acids is 1. The van der Waals surface area contributed by atoms with Crippen molar-refractivity contribution in [2.45, 2.75) is 57.7 Å². The Morgan fingerprint density at radius 2 is 1.88 bits per heavy atom. The zero-order valence-electron chi connectivity index (χ0n) is 19.2. The number of benzene rings is 1. The summed E-state index contributed by atoms with van der Waals surface area (Å²) in [5.74, 6) is 0.393. The van der Waals surface area contributed by atoms with E-state index in [0.29, 0.717) is 23.6 Å². The predicted molar refractivity (Wildman–Crippen MR) is 116 cm³/mol. The minimum atomic E-state index is -4.50. The van der Waals surface area contributed by atoms with Crippen LogP contribution in [-0.2, 0) is 18.3 Å². The first kappa shape index (κ1) is 23.6. The zero-order valence-corrected chi connectivity index (χ0v) is 19.2.